The van der Waals surface area contributed by atoms with Crippen LogP contribution in [0.4, 0.5) is 5.69 Å². The van der Waals surface area contributed by atoms with Crippen LogP contribution in [0.2, 0.25) is 5.02 Å². The second-order valence-electron chi connectivity index (χ2n) is 4.46. The highest BCUT2D eigenvalue weighted by Gasteiger charge is 2.38. The number of hydrogen-bond acceptors (Lipinski definition) is 5. The van der Waals surface area contributed by atoms with Crippen molar-refractivity contribution in [2.24, 2.45) is 0 Å². The molecule has 5 nitrogen and oxygen atoms in total. The van der Waals surface area contributed by atoms with Gasteiger partial charge in [0, 0.05) is 22.6 Å². The van der Waals surface area contributed by atoms with Gasteiger partial charge in [-0.15, -0.1) is 0 Å². The maximum atomic E-state index is 12.2. The summed E-state index contributed by atoms with van der Waals surface area (Å²) in [5.41, 5.74) is 0.00349. The van der Waals surface area contributed by atoms with Crippen molar-refractivity contribution in [1.82, 2.24) is 9.97 Å². The van der Waals surface area contributed by atoms with E-state index in [-0.39, 0.29) is 0 Å². The van der Waals surface area contributed by atoms with Crippen LogP contribution in [0, 0.1) is 0 Å². The molecule has 0 fully saturated rings. The molecule has 1 N–H and O–H groups in total. The number of ether oxygens (including phenoxy) is 1. The van der Waals surface area contributed by atoms with Crippen molar-refractivity contribution < 1.29 is 9.53 Å². The molecule has 2 rings (SSSR count). The van der Waals surface area contributed by atoms with E-state index in [0.717, 1.165) is 4.47 Å². The molecule has 0 spiro atoms. The van der Waals surface area contributed by atoms with Crippen molar-refractivity contribution >= 4 is 39.2 Å². The van der Waals surface area contributed by atoms with Gasteiger partial charge in [-0.3, -0.25) is 9.97 Å². The molecule has 110 valence electrons. The zero-order chi connectivity index (χ0) is 15.5. The molecule has 0 saturated carbocycles. The first-order valence-corrected chi connectivity index (χ1v) is 7.22. The van der Waals surface area contributed by atoms with Gasteiger partial charge in [0.2, 0.25) is 0 Å². The number of methoxy groups -OCH3 is 1. The molecular formula is C14H13BrClN3O2. The number of esters is 1. The topological polar surface area (TPSA) is 64.1 Å². The number of anilines is 1. The lowest BCUT2D eigenvalue weighted by Crippen LogP contribution is -2.42. The first-order chi connectivity index (χ1) is 9.97. The average Bonchev–Trinajstić information content (AvgIpc) is 2.51. The highest BCUT2D eigenvalue weighted by atomic mass is 79.9. The van der Waals surface area contributed by atoms with E-state index in [1.165, 1.54) is 19.5 Å². The van der Waals surface area contributed by atoms with Crippen LogP contribution in [0.15, 0.2) is 41.3 Å². The Bertz CT molecular complexity index is 654. The van der Waals surface area contributed by atoms with Gasteiger partial charge in [0.05, 0.1) is 24.0 Å². The normalized spacial score (nSPS) is 13.3. The first-order valence-electron chi connectivity index (χ1n) is 6.05. The molecule has 2 aromatic rings. The van der Waals surface area contributed by atoms with E-state index < -0.39 is 11.5 Å². The van der Waals surface area contributed by atoms with Gasteiger partial charge < -0.3 is 10.1 Å². The van der Waals surface area contributed by atoms with Gasteiger partial charge in [-0.1, -0.05) is 11.6 Å². The minimum absolute atomic E-state index is 0.461. The second-order valence-corrected chi connectivity index (χ2v) is 5.72. The van der Waals surface area contributed by atoms with Gasteiger partial charge >= 0.3 is 5.97 Å². The molecule has 1 atom stereocenters. The second kappa shape index (κ2) is 6.41. The Labute approximate surface area is 135 Å². The van der Waals surface area contributed by atoms with Crippen molar-refractivity contribution in [2.75, 3.05) is 12.4 Å². The number of halogens is 2. The molecule has 0 aliphatic carbocycles. The van der Waals surface area contributed by atoms with Crippen LogP contribution in [0.3, 0.4) is 0 Å². The fraction of sp³-hybridized carbons (Fsp3) is 0.214. The fourth-order valence-electron chi connectivity index (χ4n) is 1.84. The fourth-order valence-corrected chi connectivity index (χ4v) is 2.34. The van der Waals surface area contributed by atoms with Gasteiger partial charge in [0.15, 0.2) is 5.54 Å². The summed E-state index contributed by atoms with van der Waals surface area (Å²) in [6, 6.07) is 5.27. The molecule has 0 aliphatic rings. The zero-order valence-electron chi connectivity index (χ0n) is 11.4. The highest BCUT2D eigenvalue weighted by Crippen LogP contribution is 2.30. The number of hydrogen-bond donors (Lipinski definition) is 1. The van der Waals surface area contributed by atoms with Crippen LogP contribution in [0.25, 0.3) is 0 Å². The van der Waals surface area contributed by atoms with E-state index in [9.17, 15) is 4.79 Å². The molecular weight excluding hydrogens is 358 g/mol. The molecule has 0 bridgehead atoms. The van der Waals surface area contributed by atoms with E-state index in [1.807, 2.05) is 0 Å². The molecule has 21 heavy (non-hydrogen) atoms. The Morgan fingerprint density at radius 2 is 2.19 bits per heavy atom. The number of benzene rings is 1. The third-order valence-corrected chi connectivity index (χ3v) is 4.20. The maximum absolute atomic E-state index is 12.2. The number of carbonyl (C=O) groups is 1. The summed E-state index contributed by atoms with van der Waals surface area (Å²) in [5.74, 6) is -0.464. The highest BCUT2D eigenvalue weighted by molar-refractivity contribution is 9.10. The largest absolute Gasteiger partial charge is 0.467 e. The molecule has 7 heteroatoms. The summed E-state index contributed by atoms with van der Waals surface area (Å²) >= 11 is 9.32. The molecule has 0 radical (unpaired) electrons. The molecule has 1 aromatic heterocycles. The summed E-state index contributed by atoms with van der Waals surface area (Å²) < 4.78 is 5.61. The Morgan fingerprint density at radius 1 is 1.43 bits per heavy atom. The summed E-state index contributed by atoms with van der Waals surface area (Å²) in [7, 11) is 1.33. The molecule has 1 unspecified atom stereocenters. The van der Waals surface area contributed by atoms with Crippen LogP contribution < -0.4 is 5.32 Å². The van der Waals surface area contributed by atoms with E-state index >= 15 is 0 Å². The van der Waals surface area contributed by atoms with E-state index in [1.54, 1.807) is 31.3 Å². The van der Waals surface area contributed by atoms with E-state index in [0.29, 0.717) is 16.4 Å². The van der Waals surface area contributed by atoms with Crippen LogP contribution in [-0.2, 0) is 15.1 Å². The number of rotatable bonds is 4. The first kappa shape index (κ1) is 15.7. The third-order valence-electron chi connectivity index (χ3n) is 2.98. The maximum Gasteiger partial charge on any atom is 0.337 e. The average molecular weight is 371 g/mol. The standard InChI is InChI=1S/C14H13BrClN3O2/c1-14(13(20)21-2,12-8-17-5-6-18-12)19-9-3-4-11(16)10(15)7-9/h3-8,19H,1-2H3. The van der Waals surface area contributed by atoms with Crippen molar-refractivity contribution in [1.29, 1.82) is 0 Å². The van der Waals surface area contributed by atoms with Crippen molar-refractivity contribution in [3.8, 4) is 0 Å². The van der Waals surface area contributed by atoms with Gasteiger partial charge in [0.1, 0.15) is 0 Å². The summed E-state index contributed by atoms with van der Waals surface area (Å²) in [6.45, 7) is 1.69. The van der Waals surface area contributed by atoms with E-state index in [2.05, 4.69) is 31.2 Å². The van der Waals surface area contributed by atoms with Gasteiger partial charge in [-0.2, -0.15) is 0 Å². The minimum Gasteiger partial charge on any atom is -0.467 e. The smallest absolute Gasteiger partial charge is 0.337 e. The van der Waals surface area contributed by atoms with Gasteiger partial charge in [-0.05, 0) is 41.1 Å². The predicted octanol–water partition coefficient (Wildman–Crippen LogP) is 3.39. The number of aromatic nitrogens is 2. The van der Waals surface area contributed by atoms with Crippen LogP contribution in [-0.4, -0.2) is 23.0 Å². The molecule has 1 aromatic carbocycles. The monoisotopic (exact) mass is 369 g/mol. The summed E-state index contributed by atoms with van der Waals surface area (Å²) in [5, 5.41) is 3.71. The summed E-state index contributed by atoms with van der Waals surface area (Å²) in [4.78, 5) is 20.4. The van der Waals surface area contributed by atoms with Crippen molar-refractivity contribution in [2.45, 2.75) is 12.5 Å². The number of nitrogens with one attached hydrogen (secondary N) is 1. The van der Waals surface area contributed by atoms with Crippen LogP contribution in [0.1, 0.15) is 12.6 Å². The van der Waals surface area contributed by atoms with Crippen molar-refractivity contribution in [3.63, 3.8) is 0 Å². The lowest BCUT2D eigenvalue weighted by Gasteiger charge is -2.28. The van der Waals surface area contributed by atoms with Crippen LogP contribution >= 0.6 is 27.5 Å². The van der Waals surface area contributed by atoms with E-state index in [4.69, 9.17) is 16.3 Å². The Balaban J connectivity index is 2.41. The van der Waals surface area contributed by atoms with Crippen molar-refractivity contribution in [3.05, 3.63) is 52.0 Å². The van der Waals surface area contributed by atoms with Gasteiger partial charge in [0.25, 0.3) is 0 Å². The van der Waals surface area contributed by atoms with Crippen LogP contribution in [0.5, 0.6) is 0 Å². The zero-order valence-corrected chi connectivity index (χ0v) is 13.8. The quantitative estimate of drug-likeness (QED) is 0.836. The SMILES string of the molecule is COC(=O)C(C)(Nc1ccc(Cl)c(Br)c1)c1cnccn1. The Hall–Kier alpha value is -1.66. The summed E-state index contributed by atoms with van der Waals surface area (Å²) in [6.07, 6.45) is 4.59. The minimum atomic E-state index is -1.16. The predicted molar refractivity (Wildman–Crippen MR) is 84.2 cm³/mol. The molecule has 0 amide bonds. The molecule has 1 heterocycles. The number of carbonyl (C=O) groups excluding carboxylic acids is 1. The number of nitrogens with zero attached hydrogens (tertiary/aromatic N) is 2. The molecule has 0 aliphatic heterocycles. The lowest BCUT2D eigenvalue weighted by molar-refractivity contribution is -0.145. The van der Waals surface area contributed by atoms with Gasteiger partial charge in [-0.25, -0.2) is 4.79 Å². The Morgan fingerprint density at radius 3 is 2.76 bits per heavy atom. The molecule has 0 saturated heterocycles. The third kappa shape index (κ3) is 3.33. The Kier molecular flexibility index (Phi) is 4.80. The lowest BCUT2D eigenvalue weighted by atomic mass is 9.97.